The Kier molecular flexibility index (Phi) is 180. The first-order valence-corrected chi connectivity index (χ1v) is 32.0. The van der Waals surface area contributed by atoms with Crippen LogP contribution in [0.4, 0.5) is 0 Å². The summed E-state index contributed by atoms with van der Waals surface area (Å²) in [5, 5.41) is 0. The first-order chi connectivity index (χ1) is 45.5. The summed E-state index contributed by atoms with van der Waals surface area (Å²) in [7, 11) is 0. The summed E-state index contributed by atoms with van der Waals surface area (Å²) in [5.41, 5.74) is 3.08. The molecule has 12 rings (SSSR count). The number of rotatable bonds is 0. The van der Waals surface area contributed by atoms with Gasteiger partial charge in [0.2, 0.25) is 0 Å². The van der Waals surface area contributed by atoms with Crippen LogP contribution in [0, 0.1) is 107 Å². The SMILES string of the molecule is CC.CC.CC.CC.CC.CC.Cc1ccnc(C)n1.Cc1ccnc(C)n1.Cc1ccnc(C)n1.Cc1ncccn1.Cc1ncccn1.Cc1ncccn1.[CH3-].[CH3-].[CH3-].[CH3-].[CH3-].[CH3-].[W].[W].[W].[W].[W].[W].c1ccccc1.c1ccccc1.c1ccccc1.c1ccccc1.c1ccccc1.c1ccccc1. The molecule has 18 heteroatoms. The van der Waals surface area contributed by atoms with Crippen LogP contribution in [0.5, 0.6) is 0 Å². The van der Waals surface area contributed by atoms with E-state index in [0.29, 0.717) is 0 Å². The third-order valence-electron chi connectivity index (χ3n) is 8.83. The van der Waals surface area contributed by atoms with Crippen LogP contribution in [0.1, 0.15) is 135 Å². The summed E-state index contributed by atoms with van der Waals surface area (Å²) in [6.07, 6.45) is 15.6. The van der Waals surface area contributed by atoms with Crippen molar-refractivity contribution < 1.29 is 126 Å². The average molecular weight is 2450 g/mol. The average Bonchev–Trinajstić information content (AvgIpc) is 1.02. The molecule has 0 amide bonds. The van der Waals surface area contributed by atoms with Gasteiger partial charge in [0.15, 0.2) is 0 Å². The molecule has 582 valence electrons. The van der Waals surface area contributed by atoms with Crippen LogP contribution in [-0.2, 0) is 126 Å². The topological polar surface area (TPSA) is 155 Å². The predicted molar refractivity (Wildman–Crippen MR) is 440 cm³/mol. The maximum atomic E-state index is 4.06. The normalized spacial score (nSPS) is 6.94. The molecule has 0 saturated heterocycles. The molecule has 6 heterocycles. The Balaban J connectivity index is -0.0000000480. The second kappa shape index (κ2) is 131. The predicted octanol–water partition coefficient (Wildman–Crippen LogP) is 24.6. The first-order valence-electron chi connectivity index (χ1n) is 32.0. The molecule has 0 unspecified atom stereocenters. The molecule has 0 fully saturated rings. The minimum atomic E-state index is 0. The minimum absolute atomic E-state index is 0. The van der Waals surface area contributed by atoms with Gasteiger partial charge in [-0.3, -0.25) is 0 Å². The number of aromatic nitrogens is 12. The van der Waals surface area contributed by atoms with Crippen molar-refractivity contribution in [2.24, 2.45) is 0 Å². The molecule has 0 saturated carbocycles. The van der Waals surface area contributed by atoms with Crippen LogP contribution < -0.4 is 0 Å². The monoisotopic (exact) mass is 2450 g/mol. The van der Waals surface area contributed by atoms with E-state index in [1.165, 1.54) is 0 Å². The van der Waals surface area contributed by atoms with E-state index in [4.69, 9.17) is 0 Å². The Morgan fingerprint density at radius 3 is 0.295 bits per heavy atom. The van der Waals surface area contributed by atoms with Crippen LogP contribution in [0.25, 0.3) is 0 Å². The maximum absolute atomic E-state index is 4.06. The zero-order chi connectivity index (χ0) is 70.7. The molecule has 0 bridgehead atoms. The molecule has 105 heavy (non-hydrogen) atoms. The van der Waals surface area contributed by atoms with E-state index in [2.05, 4.69) is 59.8 Å². The van der Waals surface area contributed by atoms with Crippen molar-refractivity contribution in [3.63, 3.8) is 0 Å². The Morgan fingerprint density at radius 2 is 0.238 bits per heavy atom. The fraction of sp³-hybridized carbons (Fsp3) is 0.241. The molecule has 0 aliphatic heterocycles. The number of aryl methyl sites for hydroxylation is 9. The van der Waals surface area contributed by atoms with Crippen molar-refractivity contribution >= 4 is 0 Å². The third-order valence-corrected chi connectivity index (χ3v) is 8.83. The van der Waals surface area contributed by atoms with Crippen molar-refractivity contribution in [2.45, 2.75) is 145 Å². The van der Waals surface area contributed by atoms with Crippen molar-refractivity contribution in [1.29, 1.82) is 0 Å². The van der Waals surface area contributed by atoms with Crippen LogP contribution in [0.15, 0.2) is 311 Å². The molecule has 0 spiro atoms. The Bertz CT molecular complexity index is 2490. The number of nitrogens with zero attached hydrogens (tertiary/aromatic N) is 12. The minimum Gasteiger partial charge on any atom is -0.358 e. The van der Waals surface area contributed by atoms with E-state index >= 15 is 0 Å². The number of benzene rings is 6. The van der Waals surface area contributed by atoms with E-state index in [0.717, 1.165) is 52.0 Å². The van der Waals surface area contributed by atoms with Gasteiger partial charge in [0.1, 0.15) is 34.9 Å². The third kappa shape index (κ3) is 128. The van der Waals surface area contributed by atoms with E-state index < -0.39 is 0 Å². The standard InChI is InChI=1S/3C6H8N2.6C6H6.3C5H6N2.6C2H6.6CH3.6W/c3*1-5-3-4-7-6(2)8-5;6*1-2-4-6-5-3-1;3*1-5-6-3-2-4-7-5;6*1-2;;;;;;;;;;;;/h3*3-4H,1-2H3;6*1-6H;3*2-4H,1H3;6*1-2H3;6*1H3;;;;;;/q;;;;;;;;;;;;;;;;;;6*-1;;;;;;. The van der Waals surface area contributed by atoms with E-state index in [1.807, 2.05) is 382 Å². The van der Waals surface area contributed by atoms with Crippen LogP contribution in [0.3, 0.4) is 0 Å². The molecule has 6 aromatic heterocycles. The quantitative estimate of drug-likeness (QED) is 0.133. The van der Waals surface area contributed by atoms with Gasteiger partial charge in [-0.2, -0.15) is 0 Å². The van der Waals surface area contributed by atoms with Gasteiger partial charge in [0.05, 0.1) is 0 Å². The van der Waals surface area contributed by atoms with Crippen LogP contribution in [-0.4, -0.2) is 59.8 Å². The van der Waals surface area contributed by atoms with Crippen molar-refractivity contribution in [1.82, 2.24) is 59.8 Å². The molecule has 0 atom stereocenters. The molecule has 0 radical (unpaired) electrons. The summed E-state index contributed by atoms with van der Waals surface area (Å²) in [6, 6.07) is 83.0. The van der Waals surface area contributed by atoms with Crippen LogP contribution >= 0.6 is 0 Å². The van der Waals surface area contributed by atoms with Gasteiger partial charge < -0.3 is 44.6 Å². The molecule has 12 nitrogen and oxygen atoms in total. The molecular weight excluding hydrogens is 2320 g/mol. The van der Waals surface area contributed by atoms with Crippen LogP contribution in [0.2, 0.25) is 0 Å². The largest absolute Gasteiger partial charge is 0.358 e. The summed E-state index contributed by atoms with van der Waals surface area (Å²) in [4.78, 5) is 47.2. The van der Waals surface area contributed by atoms with Gasteiger partial charge in [-0.15, -0.1) is 0 Å². The molecule has 12 aromatic rings. The smallest absolute Gasteiger partial charge is 0.125 e. The van der Waals surface area contributed by atoms with Crippen molar-refractivity contribution in [3.8, 4) is 0 Å². The Morgan fingerprint density at radius 1 is 0.143 bits per heavy atom. The zero-order valence-corrected chi connectivity index (χ0v) is 86.4. The summed E-state index contributed by atoms with van der Waals surface area (Å²) >= 11 is 0. The van der Waals surface area contributed by atoms with Crippen molar-refractivity contribution in [3.05, 3.63) is 407 Å². The number of hydrogen-bond donors (Lipinski definition) is 0. The summed E-state index contributed by atoms with van der Waals surface area (Å²) < 4.78 is 0. The summed E-state index contributed by atoms with van der Waals surface area (Å²) in [5.74, 6) is 4.98. The molecule has 0 aliphatic carbocycles. The van der Waals surface area contributed by atoms with Gasteiger partial charge in [0, 0.05) is 199 Å². The molecule has 6 aromatic carbocycles. The molecule has 0 aliphatic rings. The van der Waals surface area contributed by atoms with Gasteiger partial charge >= 0.3 is 0 Å². The Hall–Kier alpha value is -6.07. The van der Waals surface area contributed by atoms with Gasteiger partial charge in [-0.05, 0) is 98.7 Å². The van der Waals surface area contributed by atoms with Crippen molar-refractivity contribution in [2.75, 3.05) is 0 Å². The van der Waals surface area contributed by atoms with E-state index in [9.17, 15) is 0 Å². The van der Waals surface area contributed by atoms with Gasteiger partial charge in [-0.25, -0.2) is 59.8 Å². The maximum Gasteiger partial charge on any atom is 0.125 e. The Labute approximate surface area is 731 Å². The zero-order valence-electron chi connectivity index (χ0n) is 68.8. The molecule has 0 N–H and O–H groups in total. The van der Waals surface area contributed by atoms with Gasteiger partial charge in [-0.1, -0.05) is 301 Å². The summed E-state index contributed by atoms with van der Waals surface area (Å²) in [6.45, 7) is 41.1. The van der Waals surface area contributed by atoms with E-state index in [-0.39, 0.29) is 171 Å². The first kappa shape index (κ1) is 145. The number of hydrogen-bond acceptors (Lipinski definition) is 12. The fourth-order valence-electron chi connectivity index (χ4n) is 5.15. The molecular formula is C87H132N12W6-6. The fourth-order valence-corrected chi connectivity index (χ4v) is 5.15. The second-order valence-corrected chi connectivity index (χ2v) is 16.1. The second-order valence-electron chi connectivity index (χ2n) is 16.1. The van der Waals surface area contributed by atoms with Gasteiger partial charge in [0.25, 0.3) is 0 Å². The van der Waals surface area contributed by atoms with E-state index in [1.54, 1.807) is 74.0 Å².